The number of piperazine rings is 1. The number of hydrogen-bond acceptors (Lipinski definition) is 3. The summed E-state index contributed by atoms with van der Waals surface area (Å²) in [5.41, 5.74) is 0. The third-order valence-corrected chi connectivity index (χ3v) is 4.27. The lowest BCUT2D eigenvalue weighted by molar-refractivity contribution is -0.127. The van der Waals surface area contributed by atoms with Crippen molar-refractivity contribution in [3.05, 3.63) is 0 Å². The SMILES string of the molecule is CC1CCC(NC(=O)C2CNC(=O)CN2)CC1C. The van der Waals surface area contributed by atoms with E-state index in [2.05, 4.69) is 29.8 Å². The quantitative estimate of drug-likeness (QED) is 0.649. The van der Waals surface area contributed by atoms with Gasteiger partial charge in [-0.15, -0.1) is 0 Å². The van der Waals surface area contributed by atoms with E-state index in [9.17, 15) is 9.59 Å². The van der Waals surface area contributed by atoms with E-state index in [1.807, 2.05) is 0 Å². The summed E-state index contributed by atoms with van der Waals surface area (Å²) in [6.07, 6.45) is 3.31. The maximum Gasteiger partial charge on any atom is 0.239 e. The first-order chi connectivity index (χ1) is 8.56. The fourth-order valence-corrected chi connectivity index (χ4v) is 2.73. The van der Waals surface area contributed by atoms with Gasteiger partial charge in [0.15, 0.2) is 0 Å². The molecule has 2 fully saturated rings. The molecule has 4 unspecified atom stereocenters. The van der Waals surface area contributed by atoms with Gasteiger partial charge >= 0.3 is 0 Å². The molecule has 1 saturated carbocycles. The van der Waals surface area contributed by atoms with Crippen molar-refractivity contribution in [1.82, 2.24) is 16.0 Å². The van der Waals surface area contributed by atoms with Gasteiger partial charge in [-0.25, -0.2) is 0 Å². The van der Waals surface area contributed by atoms with Crippen LogP contribution in [0.4, 0.5) is 0 Å². The van der Waals surface area contributed by atoms with Crippen LogP contribution in [0.3, 0.4) is 0 Å². The minimum Gasteiger partial charge on any atom is -0.353 e. The Morgan fingerprint density at radius 3 is 2.67 bits per heavy atom. The Kier molecular flexibility index (Phi) is 4.22. The van der Waals surface area contributed by atoms with Crippen LogP contribution in [0.1, 0.15) is 33.1 Å². The van der Waals surface area contributed by atoms with Crippen LogP contribution in [0.25, 0.3) is 0 Å². The van der Waals surface area contributed by atoms with Gasteiger partial charge in [0.2, 0.25) is 11.8 Å². The van der Waals surface area contributed by atoms with Gasteiger partial charge in [0, 0.05) is 12.6 Å². The normalized spacial score (nSPS) is 36.9. The predicted octanol–water partition coefficient (Wildman–Crippen LogP) is 0.0153. The maximum absolute atomic E-state index is 12.0. The highest BCUT2D eigenvalue weighted by Gasteiger charge is 2.29. The molecule has 1 aliphatic heterocycles. The number of carbonyl (C=O) groups is 2. The van der Waals surface area contributed by atoms with Crippen molar-refractivity contribution in [3.63, 3.8) is 0 Å². The fraction of sp³-hybridized carbons (Fsp3) is 0.846. The van der Waals surface area contributed by atoms with E-state index in [0.29, 0.717) is 18.5 Å². The van der Waals surface area contributed by atoms with Crippen LogP contribution in [0, 0.1) is 11.8 Å². The topological polar surface area (TPSA) is 70.2 Å². The van der Waals surface area contributed by atoms with Gasteiger partial charge in [0.1, 0.15) is 6.04 Å². The number of amides is 2. The lowest BCUT2D eigenvalue weighted by atomic mass is 9.79. The molecule has 1 heterocycles. The highest BCUT2D eigenvalue weighted by Crippen LogP contribution is 2.29. The molecular weight excluding hydrogens is 230 g/mol. The molecule has 0 spiro atoms. The highest BCUT2D eigenvalue weighted by atomic mass is 16.2. The molecule has 4 atom stereocenters. The molecule has 0 aromatic heterocycles. The standard InChI is InChI=1S/C13H23N3O2/c1-8-3-4-10(5-9(8)2)16-13(18)11-6-15-12(17)7-14-11/h8-11,14H,3-7H2,1-2H3,(H,15,17)(H,16,18). The van der Waals surface area contributed by atoms with E-state index in [1.54, 1.807) is 0 Å². The lowest BCUT2D eigenvalue weighted by Gasteiger charge is -2.34. The summed E-state index contributed by atoms with van der Waals surface area (Å²) < 4.78 is 0. The minimum atomic E-state index is -0.280. The highest BCUT2D eigenvalue weighted by molar-refractivity contribution is 5.86. The molecule has 3 N–H and O–H groups in total. The molecule has 5 heteroatoms. The first-order valence-electron chi connectivity index (χ1n) is 6.86. The lowest BCUT2D eigenvalue weighted by Crippen LogP contribution is -2.59. The van der Waals surface area contributed by atoms with Crippen molar-refractivity contribution in [2.45, 2.75) is 45.2 Å². The number of hydrogen-bond donors (Lipinski definition) is 3. The monoisotopic (exact) mass is 253 g/mol. The molecule has 2 amide bonds. The third-order valence-electron chi connectivity index (χ3n) is 4.27. The first-order valence-corrected chi connectivity index (χ1v) is 6.86. The number of rotatable bonds is 2. The average molecular weight is 253 g/mol. The number of carbonyl (C=O) groups excluding carboxylic acids is 2. The summed E-state index contributed by atoms with van der Waals surface area (Å²) in [7, 11) is 0. The Hall–Kier alpha value is -1.10. The number of nitrogens with one attached hydrogen (secondary N) is 3. The molecule has 0 aromatic carbocycles. The Morgan fingerprint density at radius 2 is 2.06 bits per heavy atom. The molecule has 0 aromatic rings. The molecule has 1 saturated heterocycles. The molecule has 1 aliphatic carbocycles. The third kappa shape index (κ3) is 3.22. The van der Waals surface area contributed by atoms with Gasteiger partial charge in [0.25, 0.3) is 0 Å². The summed E-state index contributed by atoms with van der Waals surface area (Å²) in [5.74, 6) is 1.40. The smallest absolute Gasteiger partial charge is 0.239 e. The zero-order valence-electron chi connectivity index (χ0n) is 11.2. The fourth-order valence-electron chi connectivity index (χ4n) is 2.73. The van der Waals surface area contributed by atoms with E-state index in [4.69, 9.17) is 0 Å². The van der Waals surface area contributed by atoms with Gasteiger partial charge in [0.05, 0.1) is 6.54 Å². The van der Waals surface area contributed by atoms with Crippen molar-refractivity contribution < 1.29 is 9.59 Å². The predicted molar refractivity (Wildman–Crippen MR) is 68.9 cm³/mol. The minimum absolute atomic E-state index is 0.0155. The molecule has 0 bridgehead atoms. The Labute approximate surface area is 108 Å². The molecule has 0 radical (unpaired) electrons. The van der Waals surface area contributed by atoms with Crippen molar-refractivity contribution in [3.8, 4) is 0 Å². The van der Waals surface area contributed by atoms with Gasteiger partial charge in [-0.2, -0.15) is 0 Å². The van der Waals surface area contributed by atoms with E-state index in [-0.39, 0.29) is 24.4 Å². The summed E-state index contributed by atoms with van der Waals surface area (Å²) in [5, 5.41) is 8.76. The summed E-state index contributed by atoms with van der Waals surface area (Å²) >= 11 is 0. The molecule has 2 aliphatic rings. The molecular formula is C13H23N3O2. The van der Waals surface area contributed by atoms with Crippen molar-refractivity contribution in [1.29, 1.82) is 0 Å². The molecule has 18 heavy (non-hydrogen) atoms. The van der Waals surface area contributed by atoms with E-state index in [0.717, 1.165) is 18.8 Å². The maximum atomic E-state index is 12.0. The Balaban J connectivity index is 1.79. The van der Waals surface area contributed by atoms with Crippen LogP contribution in [0.2, 0.25) is 0 Å². The van der Waals surface area contributed by atoms with Crippen LogP contribution >= 0.6 is 0 Å². The zero-order chi connectivity index (χ0) is 13.1. The van der Waals surface area contributed by atoms with Crippen molar-refractivity contribution in [2.75, 3.05) is 13.1 Å². The van der Waals surface area contributed by atoms with Crippen LogP contribution in [0.15, 0.2) is 0 Å². The van der Waals surface area contributed by atoms with Gasteiger partial charge in [-0.1, -0.05) is 13.8 Å². The van der Waals surface area contributed by atoms with E-state index < -0.39 is 0 Å². The van der Waals surface area contributed by atoms with E-state index >= 15 is 0 Å². The first kappa shape index (κ1) is 13.3. The van der Waals surface area contributed by atoms with Gasteiger partial charge < -0.3 is 10.6 Å². The second-order valence-corrected chi connectivity index (χ2v) is 5.71. The Bertz CT molecular complexity index is 322. The van der Waals surface area contributed by atoms with Crippen molar-refractivity contribution >= 4 is 11.8 Å². The second kappa shape index (κ2) is 5.69. The molecule has 102 valence electrons. The summed E-state index contributed by atoms with van der Waals surface area (Å²) in [6.45, 7) is 5.16. The van der Waals surface area contributed by atoms with Crippen LogP contribution < -0.4 is 16.0 Å². The largest absolute Gasteiger partial charge is 0.353 e. The van der Waals surface area contributed by atoms with Crippen molar-refractivity contribution in [2.24, 2.45) is 11.8 Å². The van der Waals surface area contributed by atoms with Crippen LogP contribution in [0.5, 0.6) is 0 Å². The molecule has 5 nitrogen and oxygen atoms in total. The van der Waals surface area contributed by atoms with Crippen LogP contribution in [-0.2, 0) is 9.59 Å². The zero-order valence-corrected chi connectivity index (χ0v) is 11.2. The summed E-state index contributed by atoms with van der Waals surface area (Å²) in [4.78, 5) is 23.0. The van der Waals surface area contributed by atoms with Gasteiger partial charge in [-0.05, 0) is 31.1 Å². The average Bonchev–Trinajstić information content (AvgIpc) is 2.34. The van der Waals surface area contributed by atoms with E-state index in [1.165, 1.54) is 6.42 Å². The summed E-state index contributed by atoms with van der Waals surface area (Å²) in [6, 6.07) is 0.0143. The second-order valence-electron chi connectivity index (χ2n) is 5.71. The molecule has 2 rings (SSSR count). The van der Waals surface area contributed by atoms with Crippen LogP contribution in [-0.4, -0.2) is 37.0 Å². The Morgan fingerprint density at radius 1 is 1.28 bits per heavy atom. The van der Waals surface area contributed by atoms with Gasteiger partial charge in [-0.3, -0.25) is 14.9 Å².